The first-order valence-corrected chi connectivity index (χ1v) is 7.38. The largest absolute Gasteiger partial charge is 0.465 e. The van der Waals surface area contributed by atoms with E-state index in [1.165, 1.54) is 11.3 Å². The summed E-state index contributed by atoms with van der Waals surface area (Å²) in [5, 5.41) is 0.810. The molecule has 2 heterocycles. The zero-order chi connectivity index (χ0) is 13.9. The second kappa shape index (κ2) is 5.65. The van der Waals surface area contributed by atoms with Gasteiger partial charge in [0, 0.05) is 6.20 Å². The number of carbonyl (C=O) groups excluding carboxylic acids is 1. The highest BCUT2D eigenvalue weighted by atomic mass is 32.1. The van der Waals surface area contributed by atoms with Crippen molar-refractivity contribution in [2.24, 2.45) is 0 Å². The number of thiazole rings is 1. The molecule has 0 aliphatic carbocycles. The minimum atomic E-state index is -0.638. The zero-order valence-electron chi connectivity index (χ0n) is 11.5. The predicted molar refractivity (Wildman–Crippen MR) is 76.3 cm³/mol. The fourth-order valence-corrected chi connectivity index (χ4v) is 3.40. The molecule has 19 heavy (non-hydrogen) atoms. The molecule has 0 saturated carbocycles. The monoisotopic (exact) mass is 278 g/mol. The van der Waals surface area contributed by atoms with E-state index < -0.39 is 5.41 Å². The topological polar surface area (TPSA) is 52.1 Å². The van der Waals surface area contributed by atoms with Gasteiger partial charge in [-0.3, -0.25) is 4.79 Å². The number of rotatable bonds is 5. The molecule has 0 aromatic carbocycles. The molecule has 0 aliphatic rings. The van der Waals surface area contributed by atoms with Crippen LogP contribution in [0.25, 0.3) is 10.3 Å². The van der Waals surface area contributed by atoms with Crippen LogP contribution >= 0.6 is 11.3 Å². The van der Waals surface area contributed by atoms with Crippen molar-refractivity contribution in [2.75, 3.05) is 6.61 Å². The zero-order valence-corrected chi connectivity index (χ0v) is 12.3. The molecule has 0 spiro atoms. The summed E-state index contributed by atoms with van der Waals surface area (Å²) in [6, 6.07) is 3.78. The van der Waals surface area contributed by atoms with Crippen LogP contribution in [0.2, 0.25) is 0 Å². The van der Waals surface area contributed by atoms with Gasteiger partial charge < -0.3 is 4.74 Å². The second-order valence-electron chi connectivity index (χ2n) is 4.36. The molecular weight excluding hydrogens is 260 g/mol. The molecule has 0 unspecified atom stereocenters. The fourth-order valence-electron chi connectivity index (χ4n) is 2.17. The van der Waals surface area contributed by atoms with Gasteiger partial charge in [0.15, 0.2) is 0 Å². The highest BCUT2D eigenvalue weighted by molar-refractivity contribution is 7.18. The summed E-state index contributed by atoms with van der Waals surface area (Å²) in [4.78, 5) is 22.1. The van der Waals surface area contributed by atoms with Gasteiger partial charge in [-0.15, -0.1) is 0 Å². The van der Waals surface area contributed by atoms with Gasteiger partial charge in [0.05, 0.1) is 6.61 Å². The number of aromatic nitrogens is 2. The molecule has 2 aromatic heterocycles. The number of fused-ring (bicyclic) bond motifs is 1. The van der Waals surface area contributed by atoms with Crippen molar-refractivity contribution in [3.63, 3.8) is 0 Å². The maximum Gasteiger partial charge on any atom is 0.319 e. The summed E-state index contributed by atoms with van der Waals surface area (Å²) in [6.45, 7) is 6.22. The lowest BCUT2D eigenvalue weighted by molar-refractivity contribution is -0.150. The summed E-state index contributed by atoms with van der Waals surface area (Å²) in [5.74, 6) is -0.181. The van der Waals surface area contributed by atoms with Gasteiger partial charge >= 0.3 is 5.97 Å². The lowest BCUT2D eigenvalue weighted by Gasteiger charge is -2.26. The van der Waals surface area contributed by atoms with E-state index in [9.17, 15) is 4.79 Å². The summed E-state index contributed by atoms with van der Waals surface area (Å²) < 4.78 is 5.25. The van der Waals surface area contributed by atoms with Gasteiger partial charge in [0.25, 0.3) is 0 Å². The molecule has 2 aromatic rings. The number of esters is 1. The maximum absolute atomic E-state index is 12.3. The summed E-state index contributed by atoms with van der Waals surface area (Å²) in [7, 11) is 0. The Bertz CT molecular complexity index is 543. The van der Waals surface area contributed by atoms with Crippen molar-refractivity contribution >= 4 is 27.7 Å². The van der Waals surface area contributed by atoms with Crippen molar-refractivity contribution in [3.05, 3.63) is 23.3 Å². The van der Waals surface area contributed by atoms with Gasteiger partial charge in [-0.25, -0.2) is 9.97 Å². The van der Waals surface area contributed by atoms with Gasteiger partial charge in [-0.2, -0.15) is 0 Å². The molecule has 0 N–H and O–H groups in total. The quantitative estimate of drug-likeness (QED) is 0.787. The fraction of sp³-hybridized carbons (Fsp3) is 0.500. The molecular formula is C14H18N2O2S. The van der Waals surface area contributed by atoms with E-state index in [1.54, 1.807) is 6.20 Å². The summed E-state index contributed by atoms with van der Waals surface area (Å²) in [5.41, 5.74) is 0.208. The molecule has 5 heteroatoms. The van der Waals surface area contributed by atoms with Crippen LogP contribution in [-0.2, 0) is 14.9 Å². The van der Waals surface area contributed by atoms with Crippen LogP contribution < -0.4 is 0 Å². The van der Waals surface area contributed by atoms with Crippen molar-refractivity contribution in [1.82, 2.24) is 9.97 Å². The Hall–Kier alpha value is -1.49. The standard InChI is InChI=1S/C14H18N2O2S/c1-4-14(5-2,13(17)18-6-3)12-16-10-8-7-9-15-11(10)19-12/h7-9H,4-6H2,1-3H3. The number of pyridine rings is 1. The molecule has 4 nitrogen and oxygen atoms in total. The SMILES string of the molecule is CCOC(=O)C(CC)(CC)c1nc2cccnc2s1. The third-order valence-electron chi connectivity index (χ3n) is 3.45. The number of hydrogen-bond acceptors (Lipinski definition) is 5. The molecule has 0 atom stereocenters. The molecule has 0 bridgehead atoms. The second-order valence-corrected chi connectivity index (χ2v) is 5.33. The smallest absolute Gasteiger partial charge is 0.319 e. The van der Waals surface area contributed by atoms with Crippen LogP contribution in [0.5, 0.6) is 0 Å². The molecule has 0 aliphatic heterocycles. The van der Waals surface area contributed by atoms with Crippen molar-refractivity contribution < 1.29 is 9.53 Å². The highest BCUT2D eigenvalue weighted by Gasteiger charge is 2.41. The Morgan fingerprint density at radius 3 is 2.68 bits per heavy atom. The van der Waals surface area contributed by atoms with Gasteiger partial charge in [0.1, 0.15) is 20.8 Å². The Balaban J connectivity index is 2.51. The lowest BCUT2D eigenvalue weighted by atomic mass is 9.83. The van der Waals surface area contributed by atoms with E-state index in [4.69, 9.17) is 4.74 Å². The van der Waals surface area contributed by atoms with E-state index >= 15 is 0 Å². The number of nitrogens with zero attached hydrogens (tertiary/aromatic N) is 2. The molecule has 0 saturated heterocycles. The number of ether oxygens (including phenoxy) is 1. The van der Waals surface area contributed by atoms with Gasteiger partial charge in [-0.05, 0) is 31.9 Å². The molecule has 2 rings (SSSR count). The lowest BCUT2D eigenvalue weighted by Crippen LogP contribution is -2.36. The Labute approximate surface area is 116 Å². The van der Waals surface area contributed by atoms with Gasteiger partial charge in [-0.1, -0.05) is 25.2 Å². The van der Waals surface area contributed by atoms with Crippen molar-refractivity contribution in [2.45, 2.75) is 39.0 Å². The average Bonchev–Trinajstić information content (AvgIpc) is 2.85. The van der Waals surface area contributed by atoms with E-state index in [-0.39, 0.29) is 5.97 Å². The molecule has 0 fully saturated rings. The maximum atomic E-state index is 12.3. The Morgan fingerprint density at radius 2 is 2.11 bits per heavy atom. The highest BCUT2D eigenvalue weighted by Crippen LogP contribution is 2.37. The normalized spacial score (nSPS) is 11.7. The van der Waals surface area contributed by atoms with Gasteiger partial charge in [0.2, 0.25) is 0 Å². The first kappa shape index (κ1) is 13.9. The van der Waals surface area contributed by atoms with Crippen LogP contribution in [0, 0.1) is 0 Å². The van der Waals surface area contributed by atoms with Crippen molar-refractivity contribution in [3.8, 4) is 0 Å². The summed E-state index contributed by atoms with van der Waals surface area (Å²) in [6.07, 6.45) is 3.11. The van der Waals surface area contributed by atoms with E-state index in [0.717, 1.165) is 15.4 Å². The van der Waals surface area contributed by atoms with E-state index in [0.29, 0.717) is 19.4 Å². The van der Waals surface area contributed by atoms with Crippen LogP contribution in [-0.4, -0.2) is 22.5 Å². The van der Waals surface area contributed by atoms with Crippen LogP contribution in [0.3, 0.4) is 0 Å². The van der Waals surface area contributed by atoms with Crippen LogP contribution in [0.15, 0.2) is 18.3 Å². The predicted octanol–water partition coefficient (Wildman–Crippen LogP) is 3.31. The molecule has 0 radical (unpaired) electrons. The third-order valence-corrected chi connectivity index (χ3v) is 4.63. The third kappa shape index (κ3) is 2.34. The van der Waals surface area contributed by atoms with Crippen LogP contribution in [0.1, 0.15) is 38.6 Å². The number of carbonyl (C=O) groups is 1. The van der Waals surface area contributed by atoms with Crippen LogP contribution in [0.4, 0.5) is 0 Å². The summed E-state index contributed by atoms with van der Waals surface area (Å²) >= 11 is 1.48. The van der Waals surface area contributed by atoms with E-state index in [1.807, 2.05) is 32.9 Å². The first-order chi connectivity index (χ1) is 9.17. The average molecular weight is 278 g/mol. The number of hydrogen-bond donors (Lipinski definition) is 0. The minimum absolute atomic E-state index is 0.181. The van der Waals surface area contributed by atoms with E-state index in [2.05, 4.69) is 9.97 Å². The van der Waals surface area contributed by atoms with Crippen molar-refractivity contribution in [1.29, 1.82) is 0 Å². The Kier molecular flexibility index (Phi) is 4.14. The first-order valence-electron chi connectivity index (χ1n) is 6.57. The molecule has 102 valence electrons. The Morgan fingerprint density at radius 1 is 1.37 bits per heavy atom. The minimum Gasteiger partial charge on any atom is -0.465 e. The molecule has 0 amide bonds.